The van der Waals surface area contributed by atoms with Crippen LogP contribution in [0, 0.1) is 5.92 Å². The van der Waals surface area contributed by atoms with Gasteiger partial charge >= 0.3 is 0 Å². The Morgan fingerprint density at radius 2 is 1.81 bits per heavy atom. The van der Waals surface area contributed by atoms with E-state index in [1.807, 2.05) is 6.07 Å². The number of phenols is 2. The summed E-state index contributed by atoms with van der Waals surface area (Å²) in [5, 5.41) is 20.6. The van der Waals surface area contributed by atoms with Gasteiger partial charge in [0.15, 0.2) is 11.5 Å². The molecule has 1 aliphatic carbocycles. The number of fused-ring (bicyclic) bond motifs is 3. The van der Waals surface area contributed by atoms with Crippen molar-refractivity contribution in [2.75, 3.05) is 20.1 Å². The molecule has 2 atom stereocenters. The molecule has 4 rings (SSSR count). The van der Waals surface area contributed by atoms with Crippen LogP contribution in [0.5, 0.6) is 11.5 Å². The summed E-state index contributed by atoms with van der Waals surface area (Å²) in [6, 6.07) is 12.5. The van der Waals surface area contributed by atoms with Gasteiger partial charge in [-0.05, 0) is 74.2 Å². The molecule has 0 bridgehead atoms. The highest BCUT2D eigenvalue weighted by atomic mass is 16.3. The van der Waals surface area contributed by atoms with E-state index in [4.69, 9.17) is 0 Å². The third-order valence-corrected chi connectivity index (χ3v) is 6.27. The fraction of sp³-hybridized carbons (Fsp3) is 0.478. The molecule has 0 unspecified atom stereocenters. The van der Waals surface area contributed by atoms with E-state index in [1.54, 1.807) is 0 Å². The number of aromatic hydroxyl groups is 2. The highest BCUT2D eigenvalue weighted by Gasteiger charge is 2.38. The van der Waals surface area contributed by atoms with Crippen LogP contribution < -0.4 is 0 Å². The average molecular weight is 351 g/mol. The lowest BCUT2D eigenvalue weighted by Crippen LogP contribution is -2.21. The molecule has 3 heteroatoms. The number of hydrogen-bond acceptors (Lipinski definition) is 3. The molecule has 0 amide bonds. The summed E-state index contributed by atoms with van der Waals surface area (Å²) in [7, 11) is 2.19. The SMILES string of the molecule is CN1C[C@@H]2CCc3c(O)c(O)cc(CCCCc4ccccc4)c3[C@@H]2C1. The maximum absolute atomic E-state index is 10.4. The second kappa shape index (κ2) is 7.32. The highest BCUT2D eigenvalue weighted by molar-refractivity contribution is 5.56. The van der Waals surface area contributed by atoms with E-state index in [9.17, 15) is 10.2 Å². The first-order valence-corrected chi connectivity index (χ1v) is 9.92. The number of phenolic OH excluding ortho intramolecular Hbond substituents is 2. The standard InChI is InChI=1S/C23H29NO2/c1-24-14-18-11-12-19-22(20(18)15-24)17(13-21(25)23(19)26)10-6-5-9-16-7-3-2-4-8-16/h2-4,7-8,13,18,20,25-26H,5-6,9-12,14-15H2,1H3/t18-,20+/m0/s1. The summed E-state index contributed by atoms with van der Waals surface area (Å²) < 4.78 is 0. The zero-order valence-corrected chi connectivity index (χ0v) is 15.6. The molecule has 1 fully saturated rings. The predicted octanol–water partition coefficient (Wildman–Crippen LogP) is 4.25. The minimum Gasteiger partial charge on any atom is -0.504 e. The lowest BCUT2D eigenvalue weighted by atomic mass is 9.74. The van der Waals surface area contributed by atoms with Crippen LogP contribution in [0.3, 0.4) is 0 Å². The number of hydrogen-bond donors (Lipinski definition) is 2. The molecular weight excluding hydrogens is 322 g/mol. The molecule has 0 saturated carbocycles. The van der Waals surface area contributed by atoms with E-state index >= 15 is 0 Å². The van der Waals surface area contributed by atoms with Gasteiger partial charge in [-0.2, -0.15) is 0 Å². The maximum Gasteiger partial charge on any atom is 0.160 e. The van der Waals surface area contributed by atoms with Gasteiger partial charge in [0.05, 0.1) is 0 Å². The van der Waals surface area contributed by atoms with Crippen molar-refractivity contribution in [2.45, 2.75) is 44.4 Å². The summed E-state index contributed by atoms with van der Waals surface area (Å²) in [5.74, 6) is 1.39. The zero-order chi connectivity index (χ0) is 18.1. The quantitative estimate of drug-likeness (QED) is 0.625. The molecule has 0 spiro atoms. The topological polar surface area (TPSA) is 43.7 Å². The van der Waals surface area contributed by atoms with Crippen molar-refractivity contribution in [1.82, 2.24) is 4.90 Å². The predicted molar refractivity (Wildman–Crippen MR) is 105 cm³/mol. The van der Waals surface area contributed by atoms with Crippen LogP contribution in [-0.4, -0.2) is 35.3 Å². The molecule has 1 heterocycles. The van der Waals surface area contributed by atoms with Gasteiger partial charge in [-0.3, -0.25) is 0 Å². The van der Waals surface area contributed by atoms with Crippen LogP contribution in [0.2, 0.25) is 0 Å². The first-order chi connectivity index (χ1) is 12.6. The molecule has 3 nitrogen and oxygen atoms in total. The monoisotopic (exact) mass is 351 g/mol. The lowest BCUT2D eigenvalue weighted by molar-refractivity contribution is 0.374. The van der Waals surface area contributed by atoms with Gasteiger partial charge in [0.25, 0.3) is 0 Å². The molecule has 1 saturated heterocycles. The minimum absolute atomic E-state index is 0.0617. The van der Waals surface area contributed by atoms with Gasteiger partial charge < -0.3 is 15.1 Å². The summed E-state index contributed by atoms with van der Waals surface area (Å²) in [6.45, 7) is 2.22. The van der Waals surface area contributed by atoms with Gasteiger partial charge in [0, 0.05) is 24.6 Å². The van der Waals surface area contributed by atoms with E-state index in [2.05, 4.69) is 42.3 Å². The van der Waals surface area contributed by atoms with Crippen LogP contribution in [0.25, 0.3) is 0 Å². The Bertz CT molecular complexity index is 772. The molecule has 138 valence electrons. The van der Waals surface area contributed by atoms with Crippen LogP contribution in [-0.2, 0) is 19.3 Å². The molecule has 1 aliphatic heterocycles. The number of likely N-dealkylation sites (tertiary alicyclic amines) is 1. The fourth-order valence-electron chi connectivity index (χ4n) is 5.03. The maximum atomic E-state index is 10.4. The largest absolute Gasteiger partial charge is 0.504 e. The second-order valence-corrected chi connectivity index (χ2v) is 8.11. The van der Waals surface area contributed by atoms with Crippen LogP contribution in [0.1, 0.15) is 47.4 Å². The van der Waals surface area contributed by atoms with Gasteiger partial charge in [0.2, 0.25) is 0 Å². The van der Waals surface area contributed by atoms with Crippen molar-refractivity contribution >= 4 is 0 Å². The van der Waals surface area contributed by atoms with Gasteiger partial charge in [-0.15, -0.1) is 0 Å². The average Bonchev–Trinajstić information content (AvgIpc) is 3.03. The molecular formula is C23H29NO2. The minimum atomic E-state index is 0.0617. The smallest absolute Gasteiger partial charge is 0.160 e. The van der Waals surface area contributed by atoms with Crippen molar-refractivity contribution < 1.29 is 10.2 Å². The normalized spacial score (nSPS) is 22.2. The Morgan fingerprint density at radius 1 is 1.04 bits per heavy atom. The molecule has 2 aromatic carbocycles. The molecule has 2 N–H and O–H groups in total. The third-order valence-electron chi connectivity index (χ3n) is 6.27. The van der Waals surface area contributed by atoms with Crippen molar-refractivity contribution in [3.63, 3.8) is 0 Å². The van der Waals surface area contributed by atoms with Gasteiger partial charge in [-0.25, -0.2) is 0 Å². The number of unbranched alkanes of at least 4 members (excludes halogenated alkanes) is 1. The summed E-state index contributed by atoms with van der Waals surface area (Å²) in [5.41, 5.74) is 5.01. The Hall–Kier alpha value is -2.00. The summed E-state index contributed by atoms with van der Waals surface area (Å²) in [6.07, 6.45) is 6.35. The highest BCUT2D eigenvalue weighted by Crippen LogP contribution is 2.48. The van der Waals surface area contributed by atoms with E-state index in [0.717, 1.165) is 57.2 Å². The lowest BCUT2D eigenvalue weighted by Gasteiger charge is -2.30. The Balaban J connectivity index is 1.52. The molecule has 0 aromatic heterocycles. The molecule has 0 radical (unpaired) electrons. The second-order valence-electron chi connectivity index (χ2n) is 8.11. The van der Waals surface area contributed by atoms with E-state index in [-0.39, 0.29) is 11.5 Å². The third kappa shape index (κ3) is 3.33. The van der Waals surface area contributed by atoms with Gasteiger partial charge in [0.1, 0.15) is 0 Å². The molecule has 26 heavy (non-hydrogen) atoms. The van der Waals surface area contributed by atoms with E-state index < -0.39 is 0 Å². The number of likely N-dealkylation sites (N-methyl/N-ethyl adjacent to an activating group) is 1. The summed E-state index contributed by atoms with van der Waals surface area (Å²) in [4.78, 5) is 2.41. The number of benzene rings is 2. The van der Waals surface area contributed by atoms with E-state index in [0.29, 0.717) is 11.8 Å². The summed E-state index contributed by atoms with van der Waals surface area (Å²) >= 11 is 0. The van der Waals surface area contributed by atoms with E-state index in [1.165, 1.54) is 16.7 Å². The van der Waals surface area contributed by atoms with Crippen molar-refractivity contribution in [1.29, 1.82) is 0 Å². The first-order valence-electron chi connectivity index (χ1n) is 9.92. The van der Waals surface area contributed by atoms with Crippen molar-refractivity contribution in [2.24, 2.45) is 5.92 Å². The van der Waals surface area contributed by atoms with Crippen molar-refractivity contribution in [3.05, 3.63) is 58.7 Å². The Morgan fingerprint density at radius 3 is 2.62 bits per heavy atom. The fourth-order valence-corrected chi connectivity index (χ4v) is 5.03. The van der Waals surface area contributed by atoms with Crippen molar-refractivity contribution in [3.8, 4) is 11.5 Å². The van der Waals surface area contributed by atoms with Gasteiger partial charge in [-0.1, -0.05) is 30.3 Å². The number of nitrogens with zero attached hydrogens (tertiary/aromatic N) is 1. The Kier molecular flexibility index (Phi) is 4.90. The number of aryl methyl sites for hydroxylation is 2. The van der Waals surface area contributed by atoms with Crippen LogP contribution in [0.4, 0.5) is 0 Å². The number of rotatable bonds is 5. The first kappa shape index (κ1) is 17.4. The zero-order valence-electron chi connectivity index (χ0n) is 15.6. The van der Waals surface area contributed by atoms with Crippen LogP contribution >= 0.6 is 0 Å². The molecule has 2 aromatic rings. The molecule has 2 aliphatic rings. The van der Waals surface area contributed by atoms with Crippen LogP contribution in [0.15, 0.2) is 36.4 Å². The Labute approximate surface area is 156 Å².